The lowest BCUT2D eigenvalue weighted by Crippen LogP contribution is -2.41. The largest absolute Gasteiger partial charge is 0.378 e. The van der Waals surface area contributed by atoms with Gasteiger partial charge in [0.25, 0.3) is 5.69 Å². The van der Waals surface area contributed by atoms with E-state index in [9.17, 15) is 14.9 Å². The van der Waals surface area contributed by atoms with Crippen LogP contribution >= 0.6 is 0 Å². The van der Waals surface area contributed by atoms with Crippen LogP contribution in [0, 0.1) is 17.0 Å². The molecular weight excluding hydrogens is 386 g/mol. The first kappa shape index (κ1) is 20.0. The van der Waals surface area contributed by atoms with Crippen LogP contribution < -0.4 is 4.90 Å². The number of ether oxygens (including phenoxy) is 1. The number of hydrogen-bond acceptors (Lipinski definition) is 7. The van der Waals surface area contributed by atoms with E-state index in [1.54, 1.807) is 23.1 Å². The second kappa shape index (κ2) is 8.58. The summed E-state index contributed by atoms with van der Waals surface area (Å²) in [6.45, 7) is 5.83. The van der Waals surface area contributed by atoms with Gasteiger partial charge < -0.3 is 14.5 Å². The number of rotatable bonds is 4. The topological polar surface area (TPSA) is 102 Å². The summed E-state index contributed by atoms with van der Waals surface area (Å²) in [6, 6.07) is 6.10. The van der Waals surface area contributed by atoms with Gasteiger partial charge in [0.1, 0.15) is 11.6 Å². The van der Waals surface area contributed by atoms with Crippen molar-refractivity contribution < 1.29 is 14.5 Å². The SMILES string of the molecule is Cc1nc2c(c(N3CCOCC3)n1)CN(C(=O)/C=C/c1ccc([N+](=O)[O-])cc1)CC2. The van der Waals surface area contributed by atoms with E-state index < -0.39 is 4.92 Å². The number of amides is 1. The van der Waals surface area contributed by atoms with Gasteiger partial charge in [0.15, 0.2) is 0 Å². The third-order valence-corrected chi connectivity index (χ3v) is 5.29. The van der Waals surface area contributed by atoms with E-state index in [0.29, 0.717) is 32.7 Å². The first-order valence-electron chi connectivity index (χ1n) is 9.92. The Morgan fingerprint density at radius 3 is 2.60 bits per heavy atom. The van der Waals surface area contributed by atoms with Crippen molar-refractivity contribution in [1.29, 1.82) is 0 Å². The molecule has 1 amide bonds. The van der Waals surface area contributed by atoms with Crippen molar-refractivity contribution in [2.45, 2.75) is 19.9 Å². The zero-order valence-electron chi connectivity index (χ0n) is 16.8. The Kier molecular flexibility index (Phi) is 5.71. The Bertz CT molecular complexity index is 984. The molecule has 1 aromatic carbocycles. The number of nitrogens with zero attached hydrogens (tertiary/aromatic N) is 5. The highest BCUT2D eigenvalue weighted by Crippen LogP contribution is 2.27. The standard InChI is InChI=1S/C21H23N5O4/c1-15-22-19-8-9-25(14-18(19)21(23-15)24-10-12-30-13-11-24)20(27)7-4-16-2-5-17(6-3-16)26(28)29/h2-7H,8-14H2,1H3/b7-4+. The number of benzene rings is 1. The van der Waals surface area contributed by atoms with E-state index >= 15 is 0 Å². The fourth-order valence-corrected chi connectivity index (χ4v) is 3.72. The van der Waals surface area contributed by atoms with E-state index in [0.717, 1.165) is 41.6 Å². The molecule has 0 radical (unpaired) electrons. The van der Waals surface area contributed by atoms with Crippen molar-refractivity contribution in [3.8, 4) is 0 Å². The molecule has 9 nitrogen and oxygen atoms in total. The molecule has 2 aromatic rings. The summed E-state index contributed by atoms with van der Waals surface area (Å²) >= 11 is 0. The predicted molar refractivity (Wildman–Crippen MR) is 111 cm³/mol. The Balaban J connectivity index is 1.50. The van der Waals surface area contributed by atoms with Crippen molar-refractivity contribution in [2.24, 2.45) is 0 Å². The Morgan fingerprint density at radius 2 is 1.90 bits per heavy atom. The molecule has 2 aliphatic heterocycles. The van der Waals surface area contributed by atoms with Gasteiger partial charge in [-0.3, -0.25) is 14.9 Å². The second-order valence-corrected chi connectivity index (χ2v) is 7.31. The van der Waals surface area contributed by atoms with E-state index in [2.05, 4.69) is 14.9 Å². The number of non-ortho nitro benzene ring substituents is 1. The maximum atomic E-state index is 12.8. The maximum Gasteiger partial charge on any atom is 0.269 e. The van der Waals surface area contributed by atoms with E-state index in [4.69, 9.17) is 4.74 Å². The molecule has 2 aliphatic rings. The number of aryl methyl sites for hydroxylation is 1. The van der Waals surface area contributed by atoms with Crippen molar-refractivity contribution in [3.63, 3.8) is 0 Å². The lowest BCUT2D eigenvalue weighted by Gasteiger charge is -2.34. The average Bonchev–Trinajstić information content (AvgIpc) is 2.77. The number of morpholine rings is 1. The van der Waals surface area contributed by atoms with Crippen molar-refractivity contribution in [3.05, 3.63) is 63.1 Å². The summed E-state index contributed by atoms with van der Waals surface area (Å²) in [5.74, 6) is 1.54. The lowest BCUT2D eigenvalue weighted by molar-refractivity contribution is -0.384. The molecular formula is C21H23N5O4. The lowest BCUT2D eigenvalue weighted by atomic mass is 10.0. The van der Waals surface area contributed by atoms with Crippen LogP contribution in [0.1, 0.15) is 22.6 Å². The van der Waals surface area contributed by atoms with Gasteiger partial charge in [-0.05, 0) is 30.7 Å². The normalized spacial score (nSPS) is 16.6. The molecule has 1 fully saturated rings. The number of nitro benzene ring substituents is 1. The highest BCUT2D eigenvalue weighted by Gasteiger charge is 2.27. The summed E-state index contributed by atoms with van der Waals surface area (Å²) in [5, 5.41) is 10.8. The molecule has 0 aliphatic carbocycles. The summed E-state index contributed by atoms with van der Waals surface area (Å²) in [4.78, 5) is 36.3. The van der Waals surface area contributed by atoms with Gasteiger partial charge in [0.05, 0.1) is 30.4 Å². The van der Waals surface area contributed by atoms with Gasteiger partial charge in [-0.1, -0.05) is 0 Å². The number of fused-ring (bicyclic) bond motifs is 1. The maximum absolute atomic E-state index is 12.8. The van der Waals surface area contributed by atoms with Crippen molar-refractivity contribution in [2.75, 3.05) is 37.7 Å². The third kappa shape index (κ3) is 4.30. The van der Waals surface area contributed by atoms with Crippen LogP contribution in [-0.2, 0) is 22.5 Å². The highest BCUT2D eigenvalue weighted by molar-refractivity contribution is 5.92. The van der Waals surface area contributed by atoms with E-state index in [1.165, 1.54) is 18.2 Å². The molecule has 3 heterocycles. The Morgan fingerprint density at radius 1 is 1.17 bits per heavy atom. The zero-order chi connectivity index (χ0) is 21.1. The Hall–Kier alpha value is -3.33. The first-order valence-corrected chi connectivity index (χ1v) is 9.92. The second-order valence-electron chi connectivity index (χ2n) is 7.31. The van der Waals surface area contributed by atoms with Crippen molar-refractivity contribution >= 4 is 23.5 Å². The molecule has 0 N–H and O–H groups in total. The molecule has 156 valence electrons. The van der Waals surface area contributed by atoms with Gasteiger partial charge in [-0.15, -0.1) is 0 Å². The van der Waals surface area contributed by atoms with E-state index in [-0.39, 0.29) is 11.6 Å². The van der Waals surface area contributed by atoms with Crippen LogP contribution in [0.5, 0.6) is 0 Å². The van der Waals surface area contributed by atoms with Crippen LogP contribution in [0.4, 0.5) is 11.5 Å². The number of aromatic nitrogens is 2. The molecule has 0 atom stereocenters. The third-order valence-electron chi connectivity index (χ3n) is 5.29. The fourth-order valence-electron chi connectivity index (χ4n) is 3.72. The highest BCUT2D eigenvalue weighted by atomic mass is 16.6. The molecule has 30 heavy (non-hydrogen) atoms. The van der Waals surface area contributed by atoms with Crippen LogP contribution in [-0.4, -0.2) is 58.5 Å². The van der Waals surface area contributed by atoms with Crippen LogP contribution in [0.25, 0.3) is 6.08 Å². The summed E-state index contributed by atoms with van der Waals surface area (Å²) < 4.78 is 5.45. The number of nitro groups is 1. The first-order chi connectivity index (χ1) is 14.5. The smallest absolute Gasteiger partial charge is 0.269 e. The monoisotopic (exact) mass is 409 g/mol. The molecule has 1 saturated heterocycles. The quantitative estimate of drug-likeness (QED) is 0.433. The Labute approximate surface area is 174 Å². The molecule has 0 unspecified atom stereocenters. The van der Waals surface area contributed by atoms with E-state index in [1.807, 2.05) is 6.92 Å². The fraction of sp³-hybridized carbons (Fsp3) is 0.381. The minimum absolute atomic E-state index is 0.0250. The molecule has 1 aromatic heterocycles. The number of carbonyl (C=O) groups excluding carboxylic acids is 1. The molecule has 0 bridgehead atoms. The van der Waals surface area contributed by atoms with Crippen LogP contribution in [0.2, 0.25) is 0 Å². The minimum atomic E-state index is -0.445. The number of anilines is 1. The van der Waals surface area contributed by atoms with Crippen molar-refractivity contribution in [1.82, 2.24) is 14.9 Å². The number of hydrogen-bond donors (Lipinski definition) is 0. The summed E-state index contributed by atoms with van der Waals surface area (Å²) in [7, 11) is 0. The van der Waals surface area contributed by atoms with Crippen LogP contribution in [0.15, 0.2) is 30.3 Å². The molecule has 9 heteroatoms. The minimum Gasteiger partial charge on any atom is -0.378 e. The van der Waals surface area contributed by atoms with Gasteiger partial charge >= 0.3 is 0 Å². The van der Waals surface area contributed by atoms with Gasteiger partial charge in [-0.25, -0.2) is 9.97 Å². The van der Waals surface area contributed by atoms with Gasteiger partial charge in [0, 0.05) is 49.8 Å². The van der Waals surface area contributed by atoms with Gasteiger partial charge in [-0.2, -0.15) is 0 Å². The van der Waals surface area contributed by atoms with Crippen LogP contribution in [0.3, 0.4) is 0 Å². The summed E-state index contributed by atoms with van der Waals surface area (Å²) in [5.41, 5.74) is 2.77. The molecule has 4 rings (SSSR count). The summed E-state index contributed by atoms with van der Waals surface area (Å²) in [6.07, 6.45) is 3.87. The average molecular weight is 409 g/mol. The number of carbonyl (C=O) groups is 1. The van der Waals surface area contributed by atoms with Gasteiger partial charge in [0.2, 0.25) is 5.91 Å². The predicted octanol–water partition coefficient (Wildman–Crippen LogP) is 2.13. The molecule has 0 saturated carbocycles. The molecule has 0 spiro atoms. The zero-order valence-corrected chi connectivity index (χ0v) is 16.8.